The summed E-state index contributed by atoms with van der Waals surface area (Å²) in [4.78, 5) is 2.26. The van der Waals surface area contributed by atoms with Gasteiger partial charge in [-0.15, -0.1) is 0 Å². The maximum absolute atomic E-state index is 14.8. The molecular weight excluding hydrogens is 514 g/mol. The van der Waals surface area contributed by atoms with Crippen LogP contribution in [0.25, 0.3) is 0 Å². The van der Waals surface area contributed by atoms with Crippen molar-refractivity contribution in [2.24, 2.45) is 5.92 Å². The Morgan fingerprint density at radius 1 is 0.872 bits per heavy atom. The van der Waals surface area contributed by atoms with Gasteiger partial charge in [0.15, 0.2) is 11.5 Å². The molecule has 3 aromatic carbocycles. The van der Waals surface area contributed by atoms with Crippen LogP contribution in [0.2, 0.25) is 0 Å². The summed E-state index contributed by atoms with van der Waals surface area (Å²) >= 11 is 0. The van der Waals surface area contributed by atoms with Crippen molar-refractivity contribution in [1.29, 1.82) is 0 Å². The van der Waals surface area contributed by atoms with E-state index < -0.39 is 41.9 Å². The van der Waals surface area contributed by atoms with E-state index in [-0.39, 0.29) is 17.0 Å². The molecule has 0 aromatic heterocycles. The van der Waals surface area contributed by atoms with Crippen LogP contribution in [0.15, 0.2) is 54.6 Å². The summed E-state index contributed by atoms with van der Waals surface area (Å²) in [5.74, 6) is -2.64. The van der Waals surface area contributed by atoms with Crippen LogP contribution in [0.5, 0.6) is 11.5 Å². The maximum atomic E-state index is 14.8. The number of methoxy groups -OCH3 is 1. The first-order chi connectivity index (χ1) is 18.8. The van der Waals surface area contributed by atoms with Crippen molar-refractivity contribution in [2.75, 3.05) is 40.0 Å². The number of hydrogen-bond donors (Lipinski definition) is 2. The van der Waals surface area contributed by atoms with Gasteiger partial charge in [0.2, 0.25) is 0 Å². The van der Waals surface area contributed by atoms with Crippen LogP contribution in [0.4, 0.5) is 17.6 Å². The first-order valence-electron chi connectivity index (χ1n) is 13.0. The summed E-state index contributed by atoms with van der Waals surface area (Å²) in [7, 11) is 1.50. The molecule has 5 nitrogen and oxygen atoms in total. The first-order valence-corrected chi connectivity index (χ1v) is 13.0. The second kappa shape index (κ2) is 13.3. The van der Waals surface area contributed by atoms with Crippen molar-refractivity contribution in [3.8, 4) is 11.5 Å². The topological polar surface area (TPSA) is 62.2 Å². The quantitative estimate of drug-likeness (QED) is 0.242. The number of benzene rings is 3. The third-order valence-electron chi connectivity index (χ3n) is 7.32. The van der Waals surface area contributed by atoms with E-state index in [4.69, 9.17) is 14.6 Å². The van der Waals surface area contributed by atoms with Crippen LogP contribution in [0.3, 0.4) is 0 Å². The van der Waals surface area contributed by atoms with Crippen LogP contribution < -0.4 is 9.47 Å². The van der Waals surface area contributed by atoms with Crippen LogP contribution in [-0.2, 0) is 0 Å². The molecular formula is C30H33F4NO4. The van der Waals surface area contributed by atoms with Gasteiger partial charge in [-0.05, 0) is 79.2 Å². The number of nitrogens with zero attached hydrogens (tertiary/aromatic N) is 1. The molecule has 0 aliphatic carbocycles. The predicted octanol–water partition coefficient (Wildman–Crippen LogP) is 5.59. The number of aliphatic hydroxyl groups is 2. The molecule has 1 heterocycles. The van der Waals surface area contributed by atoms with Crippen LogP contribution in [-0.4, -0.2) is 55.1 Å². The van der Waals surface area contributed by atoms with Crippen molar-refractivity contribution < 1.29 is 37.2 Å². The van der Waals surface area contributed by atoms with E-state index in [1.165, 1.54) is 31.4 Å². The first kappa shape index (κ1) is 28.9. The third-order valence-corrected chi connectivity index (χ3v) is 7.32. The molecule has 1 fully saturated rings. The van der Waals surface area contributed by atoms with Gasteiger partial charge in [0.05, 0.1) is 20.3 Å². The van der Waals surface area contributed by atoms with E-state index in [2.05, 4.69) is 4.90 Å². The molecule has 0 saturated carbocycles. The number of ether oxygens (including phenoxy) is 2. The Morgan fingerprint density at radius 2 is 1.49 bits per heavy atom. The number of aliphatic hydroxyl groups excluding tert-OH is 2. The van der Waals surface area contributed by atoms with E-state index in [0.717, 1.165) is 25.1 Å². The van der Waals surface area contributed by atoms with Crippen molar-refractivity contribution in [2.45, 2.75) is 31.3 Å². The number of likely N-dealkylation sites (tertiary alicyclic amines) is 1. The molecule has 2 N–H and O–H groups in total. The monoisotopic (exact) mass is 547 g/mol. The molecule has 1 unspecified atom stereocenters. The molecule has 4 rings (SSSR count). The minimum Gasteiger partial charge on any atom is -0.493 e. The summed E-state index contributed by atoms with van der Waals surface area (Å²) in [6, 6.07) is 11.6. The van der Waals surface area contributed by atoms with Crippen molar-refractivity contribution in [3.05, 3.63) is 94.6 Å². The predicted molar refractivity (Wildman–Crippen MR) is 139 cm³/mol. The highest BCUT2D eigenvalue weighted by molar-refractivity contribution is 5.43. The zero-order chi connectivity index (χ0) is 27.9. The zero-order valence-corrected chi connectivity index (χ0v) is 21.8. The van der Waals surface area contributed by atoms with Gasteiger partial charge in [-0.2, -0.15) is 0 Å². The largest absolute Gasteiger partial charge is 0.493 e. The van der Waals surface area contributed by atoms with Crippen molar-refractivity contribution in [3.63, 3.8) is 0 Å². The number of halogens is 4. The molecule has 0 radical (unpaired) electrons. The molecule has 39 heavy (non-hydrogen) atoms. The lowest BCUT2D eigenvalue weighted by atomic mass is 9.75. The Labute approximate surface area is 225 Å². The van der Waals surface area contributed by atoms with E-state index in [9.17, 15) is 22.7 Å². The van der Waals surface area contributed by atoms with E-state index in [1.807, 2.05) is 0 Å². The van der Waals surface area contributed by atoms with Gasteiger partial charge in [-0.25, -0.2) is 17.6 Å². The molecule has 9 heteroatoms. The van der Waals surface area contributed by atoms with Gasteiger partial charge in [0, 0.05) is 24.6 Å². The third kappa shape index (κ3) is 7.09. The average Bonchev–Trinajstić information content (AvgIpc) is 2.93. The normalized spacial score (nSPS) is 15.5. The standard InChI is InChI=1S/C30H33F4NO4/c1-38-29-15-20(27(37)18-36)3-8-28(29)39-14-2-11-35-12-9-19(10-13-35)30(23-6-4-21(31)16-25(23)33)24-7-5-22(32)17-26(24)34/h3-8,15-17,19,27,30,36-37H,2,9-14,18H2,1H3. The van der Waals surface area contributed by atoms with Crippen LogP contribution in [0.1, 0.15) is 48.0 Å². The summed E-state index contributed by atoms with van der Waals surface area (Å²) in [6.07, 6.45) is 1.08. The number of piperidine rings is 1. The van der Waals surface area contributed by atoms with Crippen LogP contribution >= 0.6 is 0 Å². The number of hydrogen-bond acceptors (Lipinski definition) is 5. The Morgan fingerprint density at radius 3 is 2.03 bits per heavy atom. The highest BCUT2D eigenvalue weighted by Gasteiger charge is 2.32. The summed E-state index contributed by atoms with van der Waals surface area (Å²) in [5.41, 5.74) is 0.948. The van der Waals surface area contributed by atoms with Crippen molar-refractivity contribution >= 4 is 0 Å². The Kier molecular flexibility index (Phi) is 9.83. The molecule has 210 valence electrons. The smallest absolute Gasteiger partial charge is 0.161 e. The molecule has 3 aromatic rings. The molecule has 0 bridgehead atoms. The number of rotatable bonds is 11. The van der Waals surface area contributed by atoms with Gasteiger partial charge in [0.25, 0.3) is 0 Å². The second-order valence-corrected chi connectivity index (χ2v) is 9.80. The van der Waals surface area contributed by atoms with Crippen LogP contribution in [0, 0.1) is 29.2 Å². The molecule has 1 atom stereocenters. The van der Waals surface area contributed by atoms with Gasteiger partial charge < -0.3 is 24.6 Å². The highest BCUT2D eigenvalue weighted by atomic mass is 19.1. The second-order valence-electron chi connectivity index (χ2n) is 9.80. The minimum atomic E-state index is -0.991. The van der Waals surface area contributed by atoms with E-state index in [1.54, 1.807) is 18.2 Å². The van der Waals surface area contributed by atoms with E-state index in [0.29, 0.717) is 49.6 Å². The van der Waals surface area contributed by atoms with Crippen molar-refractivity contribution in [1.82, 2.24) is 4.90 Å². The molecule has 1 aliphatic heterocycles. The minimum absolute atomic E-state index is 0.102. The zero-order valence-electron chi connectivity index (χ0n) is 21.8. The SMILES string of the molecule is COc1cc(C(O)CO)ccc1OCCCN1CCC(C(c2ccc(F)cc2F)c2ccc(F)cc2F)CC1. The fraction of sp³-hybridized carbons (Fsp3) is 0.400. The lowest BCUT2D eigenvalue weighted by molar-refractivity contribution is 0.0953. The fourth-order valence-corrected chi connectivity index (χ4v) is 5.28. The highest BCUT2D eigenvalue weighted by Crippen LogP contribution is 2.40. The molecule has 1 saturated heterocycles. The maximum Gasteiger partial charge on any atom is 0.161 e. The Bertz CT molecular complexity index is 1200. The Hall–Kier alpha value is -3.14. The summed E-state index contributed by atoms with van der Waals surface area (Å²) < 4.78 is 68.0. The lowest BCUT2D eigenvalue weighted by Crippen LogP contribution is -2.37. The molecule has 0 spiro atoms. The Balaban J connectivity index is 1.35. The molecule has 1 aliphatic rings. The lowest BCUT2D eigenvalue weighted by Gasteiger charge is -2.37. The molecule has 0 amide bonds. The van der Waals surface area contributed by atoms with E-state index >= 15 is 0 Å². The van der Waals surface area contributed by atoms with Gasteiger partial charge in [-0.1, -0.05) is 18.2 Å². The average molecular weight is 548 g/mol. The summed E-state index contributed by atoms with van der Waals surface area (Å²) in [5, 5.41) is 18.9. The summed E-state index contributed by atoms with van der Waals surface area (Å²) in [6.45, 7) is 2.23. The van der Waals surface area contributed by atoms with Gasteiger partial charge in [-0.3, -0.25) is 0 Å². The van der Waals surface area contributed by atoms with Gasteiger partial charge >= 0.3 is 0 Å². The fourth-order valence-electron chi connectivity index (χ4n) is 5.28. The van der Waals surface area contributed by atoms with Gasteiger partial charge in [0.1, 0.15) is 29.4 Å².